The average molecular weight is 276 g/mol. The van der Waals surface area contributed by atoms with Gasteiger partial charge in [-0.3, -0.25) is 4.79 Å². The van der Waals surface area contributed by atoms with Gasteiger partial charge in [-0.25, -0.2) is 9.97 Å². The molecule has 4 nitrogen and oxygen atoms in total. The first-order valence-corrected chi connectivity index (χ1v) is 6.26. The van der Waals surface area contributed by atoms with E-state index >= 15 is 0 Å². The lowest BCUT2D eigenvalue weighted by atomic mass is 10.1. The first kappa shape index (κ1) is 13.5. The predicted molar refractivity (Wildman–Crippen MR) is 74.1 cm³/mol. The fourth-order valence-electron chi connectivity index (χ4n) is 1.64. The summed E-state index contributed by atoms with van der Waals surface area (Å²) < 4.78 is 0. The predicted octanol–water partition coefficient (Wildman–Crippen LogP) is 2.68. The van der Waals surface area contributed by atoms with Crippen molar-refractivity contribution in [3.05, 3.63) is 58.1 Å². The van der Waals surface area contributed by atoms with Crippen molar-refractivity contribution in [2.75, 3.05) is 0 Å². The number of benzene rings is 1. The molecule has 0 saturated carbocycles. The lowest BCUT2D eigenvalue weighted by Crippen LogP contribution is -2.25. The molecule has 0 spiro atoms. The van der Waals surface area contributed by atoms with Crippen LogP contribution in [0.1, 0.15) is 27.3 Å². The third kappa shape index (κ3) is 3.29. The smallest absolute Gasteiger partial charge is 0.270 e. The standard InChI is InChI=1S/C14H14ClN3O/c1-9-10(2)17-8-18-13(9)14(19)16-7-11-3-5-12(15)6-4-11/h3-6,8H,7H2,1-2H3,(H,16,19). The summed E-state index contributed by atoms with van der Waals surface area (Å²) in [4.78, 5) is 20.1. The highest BCUT2D eigenvalue weighted by molar-refractivity contribution is 6.30. The zero-order valence-corrected chi connectivity index (χ0v) is 11.5. The second kappa shape index (κ2) is 5.80. The molecule has 1 N–H and O–H groups in total. The van der Waals surface area contributed by atoms with Crippen LogP contribution in [0.15, 0.2) is 30.6 Å². The van der Waals surface area contributed by atoms with Gasteiger partial charge in [-0.15, -0.1) is 0 Å². The Morgan fingerprint density at radius 2 is 1.89 bits per heavy atom. The molecule has 0 saturated heterocycles. The summed E-state index contributed by atoms with van der Waals surface area (Å²) in [6, 6.07) is 7.34. The molecule has 0 atom stereocenters. The average Bonchev–Trinajstić information content (AvgIpc) is 2.41. The van der Waals surface area contributed by atoms with Gasteiger partial charge in [0.15, 0.2) is 0 Å². The maximum Gasteiger partial charge on any atom is 0.270 e. The van der Waals surface area contributed by atoms with Crippen molar-refractivity contribution in [1.82, 2.24) is 15.3 Å². The second-order valence-corrected chi connectivity index (χ2v) is 4.68. The third-order valence-corrected chi connectivity index (χ3v) is 3.17. The summed E-state index contributed by atoms with van der Waals surface area (Å²) in [7, 11) is 0. The van der Waals surface area contributed by atoms with Gasteiger partial charge in [0.1, 0.15) is 12.0 Å². The van der Waals surface area contributed by atoms with Crippen LogP contribution in [0.25, 0.3) is 0 Å². The van der Waals surface area contributed by atoms with Gasteiger partial charge in [-0.05, 0) is 31.5 Å². The van der Waals surface area contributed by atoms with E-state index in [0.29, 0.717) is 17.3 Å². The van der Waals surface area contributed by atoms with Crippen LogP contribution in [0, 0.1) is 13.8 Å². The molecule has 0 radical (unpaired) electrons. The minimum atomic E-state index is -0.196. The number of halogens is 1. The number of carbonyl (C=O) groups is 1. The van der Waals surface area contributed by atoms with E-state index in [4.69, 9.17) is 11.6 Å². The minimum Gasteiger partial charge on any atom is -0.347 e. The van der Waals surface area contributed by atoms with Crippen molar-refractivity contribution >= 4 is 17.5 Å². The van der Waals surface area contributed by atoms with Gasteiger partial charge in [0.05, 0.1) is 0 Å². The molecule has 0 fully saturated rings. The largest absolute Gasteiger partial charge is 0.347 e. The Labute approximate surface area is 116 Å². The molecule has 1 aromatic carbocycles. The first-order valence-electron chi connectivity index (χ1n) is 5.89. The Hall–Kier alpha value is -1.94. The molecule has 0 aliphatic carbocycles. The van der Waals surface area contributed by atoms with E-state index < -0.39 is 0 Å². The van der Waals surface area contributed by atoms with Gasteiger partial charge in [-0.1, -0.05) is 23.7 Å². The van der Waals surface area contributed by atoms with E-state index in [-0.39, 0.29) is 5.91 Å². The van der Waals surface area contributed by atoms with Crippen LogP contribution in [-0.2, 0) is 6.54 Å². The molecular formula is C14H14ClN3O. The van der Waals surface area contributed by atoms with E-state index in [1.54, 1.807) is 12.1 Å². The summed E-state index contributed by atoms with van der Waals surface area (Å²) in [6.45, 7) is 4.14. The Balaban J connectivity index is 2.05. The van der Waals surface area contributed by atoms with Crippen LogP contribution >= 0.6 is 11.6 Å². The maximum atomic E-state index is 12.0. The van der Waals surface area contributed by atoms with E-state index in [2.05, 4.69) is 15.3 Å². The minimum absolute atomic E-state index is 0.196. The topological polar surface area (TPSA) is 54.9 Å². The number of amides is 1. The maximum absolute atomic E-state index is 12.0. The second-order valence-electron chi connectivity index (χ2n) is 4.24. The molecule has 0 unspecified atom stereocenters. The first-order chi connectivity index (χ1) is 9.08. The Kier molecular flexibility index (Phi) is 4.12. The molecule has 2 rings (SSSR count). The molecular weight excluding hydrogens is 262 g/mol. The van der Waals surface area contributed by atoms with Gasteiger partial charge >= 0.3 is 0 Å². The van der Waals surface area contributed by atoms with Crippen molar-refractivity contribution in [2.45, 2.75) is 20.4 Å². The number of aryl methyl sites for hydroxylation is 1. The summed E-state index contributed by atoms with van der Waals surface area (Å²) in [5, 5.41) is 3.51. The highest BCUT2D eigenvalue weighted by Crippen LogP contribution is 2.10. The van der Waals surface area contributed by atoms with Crippen molar-refractivity contribution in [3.63, 3.8) is 0 Å². The number of aromatic nitrogens is 2. The summed E-state index contributed by atoms with van der Waals surface area (Å²) in [6.07, 6.45) is 1.40. The SMILES string of the molecule is Cc1ncnc(C(=O)NCc2ccc(Cl)cc2)c1C. The van der Waals surface area contributed by atoms with Gasteiger partial charge in [0.25, 0.3) is 5.91 Å². The number of rotatable bonds is 3. The fraction of sp³-hybridized carbons (Fsp3) is 0.214. The van der Waals surface area contributed by atoms with Crippen LogP contribution in [0.2, 0.25) is 5.02 Å². The molecule has 0 bridgehead atoms. The molecule has 5 heteroatoms. The highest BCUT2D eigenvalue weighted by atomic mass is 35.5. The van der Waals surface area contributed by atoms with Crippen molar-refractivity contribution in [1.29, 1.82) is 0 Å². The van der Waals surface area contributed by atoms with Crippen LogP contribution < -0.4 is 5.32 Å². The summed E-state index contributed by atoms with van der Waals surface area (Å²) >= 11 is 5.80. The Morgan fingerprint density at radius 1 is 1.21 bits per heavy atom. The van der Waals surface area contributed by atoms with Gasteiger partial charge in [-0.2, -0.15) is 0 Å². The van der Waals surface area contributed by atoms with E-state index in [1.165, 1.54) is 6.33 Å². The van der Waals surface area contributed by atoms with Crippen LogP contribution in [0.5, 0.6) is 0 Å². The molecule has 1 aromatic heterocycles. The zero-order chi connectivity index (χ0) is 13.8. The molecule has 0 aliphatic rings. The molecule has 1 amide bonds. The third-order valence-electron chi connectivity index (χ3n) is 2.92. The molecule has 98 valence electrons. The van der Waals surface area contributed by atoms with Crippen LogP contribution in [0.4, 0.5) is 0 Å². The number of carbonyl (C=O) groups excluding carboxylic acids is 1. The number of hydrogen-bond donors (Lipinski definition) is 1. The molecule has 19 heavy (non-hydrogen) atoms. The Bertz CT molecular complexity index is 596. The monoisotopic (exact) mass is 275 g/mol. The van der Waals surface area contributed by atoms with E-state index in [1.807, 2.05) is 26.0 Å². The molecule has 0 aliphatic heterocycles. The van der Waals surface area contributed by atoms with Crippen molar-refractivity contribution in [3.8, 4) is 0 Å². The van der Waals surface area contributed by atoms with Gasteiger partial charge < -0.3 is 5.32 Å². The van der Waals surface area contributed by atoms with Crippen LogP contribution in [-0.4, -0.2) is 15.9 Å². The number of nitrogens with zero attached hydrogens (tertiary/aromatic N) is 2. The summed E-state index contributed by atoms with van der Waals surface area (Å²) in [5.41, 5.74) is 3.02. The van der Waals surface area contributed by atoms with Gasteiger partial charge in [0.2, 0.25) is 0 Å². The quantitative estimate of drug-likeness (QED) is 0.937. The normalized spacial score (nSPS) is 10.3. The lowest BCUT2D eigenvalue weighted by Gasteiger charge is -2.08. The van der Waals surface area contributed by atoms with Crippen molar-refractivity contribution in [2.24, 2.45) is 0 Å². The molecule has 1 heterocycles. The van der Waals surface area contributed by atoms with Gasteiger partial charge in [0, 0.05) is 22.8 Å². The lowest BCUT2D eigenvalue weighted by molar-refractivity contribution is 0.0945. The van der Waals surface area contributed by atoms with E-state index in [0.717, 1.165) is 16.8 Å². The number of nitrogens with one attached hydrogen (secondary N) is 1. The van der Waals surface area contributed by atoms with Crippen molar-refractivity contribution < 1.29 is 4.79 Å². The number of hydrogen-bond acceptors (Lipinski definition) is 3. The Morgan fingerprint density at radius 3 is 2.58 bits per heavy atom. The summed E-state index contributed by atoms with van der Waals surface area (Å²) in [5.74, 6) is -0.196. The van der Waals surface area contributed by atoms with E-state index in [9.17, 15) is 4.79 Å². The molecule has 2 aromatic rings. The van der Waals surface area contributed by atoms with Crippen LogP contribution in [0.3, 0.4) is 0 Å². The highest BCUT2D eigenvalue weighted by Gasteiger charge is 2.12. The zero-order valence-electron chi connectivity index (χ0n) is 10.8. The fourth-order valence-corrected chi connectivity index (χ4v) is 1.76.